The molecule has 8 heteroatoms. The number of fused-ring (bicyclic) bond motifs is 1. The SMILES string of the molecule is O=C(CSc1nc2ccccc2c(=O)n1C1CCCC1)NC(=O)NC1CC1. The number of hydrogen-bond acceptors (Lipinski definition) is 5. The normalized spacial score (nSPS) is 17.2. The van der Waals surface area contributed by atoms with Crippen LogP contribution in [0.5, 0.6) is 0 Å². The largest absolute Gasteiger partial charge is 0.335 e. The molecule has 1 aromatic heterocycles. The van der Waals surface area contributed by atoms with Crippen LogP contribution in [-0.4, -0.2) is 33.3 Å². The van der Waals surface area contributed by atoms with Gasteiger partial charge in [-0.1, -0.05) is 36.7 Å². The van der Waals surface area contributed by atoms with E-state index in [2.05, 4.69) is 15.6 Å². The third kappa shape index (κ3) is 4.16. The highest BCUT2D eigenvalue weighted by Crippen LogP contribution is 2.32. The zero-order valence-electron chi connectivity index (χ0n) is 14.9. The first-order valence-electron chi connectivity index (χ1n) is 9.36. The molecule has 2 aliphatic carbocycles. The third-order valence-electron chi connectivity index (χ3n) is 4.96. The van der Waals surface area contributed by atoms with Crippen LogP contribution in [0.4, 0.5) is 4.79 Å². The zero-order valence-corrected chi connectivity index (χ0v) is 15.8. The van der Waals surface area contributed by atoms with Gasteiger partial charge >= 0.3 is 6.03 Å². The Hall–Kier alpha value is -2.35. The summed E-state index contributed by atoms with van der Waals surface area (Å²) in [4.78, 5) is 41.5. The minimum absolute atomic E-state index is 0.0373. The van der Waals surface area contributed by atoms with Crippen molar-refractivity contribution < 1.29 is 9.59 Å². The van der Waals surface area contributed by atoms with Crippen molar-refractivity contribution in [1.82, 2.24) is 20.2 Å². The van der Waals surface area contributed by atoms with E-state index in [9.17, 15) is 14.4 Å². The topological polar surface area (TPSA) is 93.1 Å². The molecule has 0 aliphatic heterocycles. The van der Waals surface area contributed by atoms with E-state index in [4.69, 9.17) is 0 Å². The number of benzene rings is 1. The Morgan fingerprint density at radius 2 is 1.89 bits per heavy atom. The summed E-state index contributed by atoms with van der Waals surface area (Å²) in [7, 11) is 0. The summed E-state index contributed by atoms with van der Waals surface area (Å²) in [5.41, 5.74) is 0.577. The molecule has 142 valence electrons. The van der Waals surface area contributed by atoms with Crippen LogP contribution in [0, 0.1) is 0 Å². The molecule has 27 heavy (non-hydrogen) atoms. The fraction of sp³-hybridized carbons (Fsp3) is 0.474. The lowest BCUT2D eigenvalue weighted by molar-refractivity contribution is -0.117. The van der Waals surface area contributed by atoms with Crippen molar-refractivity contribution in [3.8, 4) is 0 Å². The highest BCUT2D eigenvalue weighted by molar-refractivity contribution is 7.99. The number of carbonyl (C=O) groups is 2. The van der Waals surface area contributed by atoms with Gasteiger partial charge in [-0.2, -0.15) is 0 Å². The molecule has 2 fully saturated rings. The second-order valence-corrected chi connectivity index (χ2v) is 8.05. The number of aromatic nitrogens is 2. The summed E-state index contributed by atoms with van der Waals surface area (Å²) in [6.07, 6.45) is 6.01. The number of nitrogens with one attached hydrogen (secondary N) is 2. The molecule has 2 aromatic rings. The Morgan fingerprint density at radius 1 is 1.15 bits per heavy atom. The molecule has 0 atom stereocenters. The van der Waals surface area contributed by atoms with Gasteiger partial charge in [0.2, 0.25) is 5.91 Å². The summed E-state index contributed by atoms with van der Waals surface area (Å²) in [5, 5.41) is 6.20. The summed E-state index contributed by atoms with van der Waals surface area (Å²) in [6, 6.07) is 7.14. The maximum absolute atomic E-state index is 13.0. The second kappa shape index (κ2) is 7.72. The van der Waals surface area contributed by atoms with Gasteiger partial charge in [0, 0.05) is 12.1 Å². The molecule has 2 saturated carbocycles. The van der Waals surface area contributed by atoms with Gasteiger partial charge in [-0.3, -0.25) is 19.5 Å². The van der Waals surface area contributed by atoms with Gasteiger partial charge in [0.1, 0.15) is 0 Å². The Bertz CT molecular complexity index is 932. The molecule has 3 amide bonds. The van der Waals surface area contributed by atoms with Gasteiger partial charge < -0.3 is 5.32 Å². The van der Waals surface area contributed by atoms with E-state index in [1.165, 1.54) is 11.8 Å². The van der Waals surface area contributed by atoms with Gasteiger partial charge in [-0.25, -0.2) is 9.78 Å². The minimum atomic E-state index is -0.456. The average molecular weight is 386 g/mol. The van der Waals surface area contributed by atoms with Crippen LogP contribution in [0.3, 0.4) is 0 Å². The molecule has 1 heterocycles. The molecule has 1 aromatic carbocycles. The lowest BCUT2D eigenvalue weighted by Gasteiger charge is -2.18. The molecule has 7 nitrogen and oxygen atoms in total. The monoisotopic (exact) mass is 386 g/mol. The van der Waals surface area contributed by atoms with Crippen LogP contribution in [0.2, 0.25) is 0 Å². The van der Waals surface area contributed by atoms with Gasteiger partial charge in [0.25, 0.3) is 5.56 Å². The maximum atomic E-state index is 13.0. The average Bonchev–Trinajstić information content (AvgIpc) is 3.29. The third-order valence-corrected chi connectivity index (χ3v) is 5.92. The summed E-state index contributed by atoms with van der Waals surface area (Å²) >= 11 is 1.21. The number of imide groups is 1. The Kier molecular flexibility index (Phi) is 5.15. The Morgan fingerprint density at radius 3 is 2.63 bits per heavy atom. The maximum Gasteiger partial charge on any atom is 0.321 e. The van der Waals surface area contributed by atoms with Crippen LogP contribution in [0.15, 0.2) is 34.2 Å². The van der Waals surface area contributed by atoms with Crippen molar-refractivity contribution in [2.24, 2.45) is 0 Å². The van der Waals surface area contributed by atoms with E-state index in [-0.39, 0.29) is 23.4 Å². The van der Waals surface area contributed by atoms with Crippen LogP contribution >= 0.6 is 11.8 Å². The number of amides is 3. The summed E-state index contributed by atoms with van der Waals surface area (Å²) < 4.78 is 1.75. The number of hydrogen-bond donors (Lipinski definition) is 2. The molecule has 0 bridgehead atoms. The van der Waals surface area contributed by atoms with Gasteiger partial charge in [0.15, 0.2) is 5.16 Å². The lowest BCUT2D eigenvalue weighted by Crippen LogP contribution is -2.41. The second-order valence-electron chi connectivity index (χ2n) is 7.11. The summed E-state index contributed by atoms with van der Waals surface area (Å²) in [6.45, 7) is 0. The predicted octanol–water partition coefficient (Wildman–Crippen LogP) is 2.59. The number of urea groups is 1. The number of nitrogens with zero attached hydrogens (tertiary/aromatic N) is 2. The number of rotatable bonds is 5. The number of thioether (sulfide) groups is 1. The number of para-hydroxylation sites is 1. The Balaban J connectivity index is 1.54. The predicted molar refractivity (Wildman–Crippen MR) is 104 cm³/mol. The zero-order chi connectivity index (χ0) is 18.8. The van der Waals surface area contributed by atoms with Crippen LogP contribution in [0.1, 0.15) is 44.6 Å². The molecule has 0 radical (unpaired) electrons. The van der Waals surface area contributed by atoms with Crippen LogP contribution < -0.4 is 16.2 Å². The molecule has 0 saturated heterocycles. The first kappa shape index (κ1) is 18.0. The van der Waals surface area contributed by atoms with Crippen molar-refractivity contribution in [3.05, 3.63) is 34.6 Å². The molecular weight excluding hydrogens is 364 g/mol. The smallest absolute Gasteiger partial charge is 0.321 e. The van der Waals surface area contributed by atoms with Gasteiger partial charge in [-0.15, -0.1) is 0 Å². The summed E-state index contributed by atoms with van der Waals surface area (Å²) in [5.74, 6) is -0.353. The van der Waals surface area contributed by atoms with E-state index >= 15 is 0 Å². The first-order valence-corrected chi connectivity index (χ1v) is 10.3. The fourth-order valence-electron chi connectivity index (χ4n) is 3.45. The molecule has 0 unspecified atom stereocenters. The molecule has 4 rings (SSSR count). The number of carbonyl (C=O) groups excluding carboxylic acids is 2. The van der Waals surface area contributed by atoms with E-state index in [0.717, 1.165) is 38.5 Å². The molecule has 0 spiro atoms. The van der Waals surface area contributed by atoms with E-state index in [1.807, 2.05) is 18.2 Å². The van der Waals surface area contributed by atoms with Crippen molar-refractivity contribution in [2.75, 3.05) is 5.75 Å². The highest BCUT2D eigenvalue weighted by Gasteiger charge is 2.25. The minimum Gasteiger partial charge on any atom is -0.335 e. The van der Waals surface area contributed by atoms with Crippen LogP contribution in [0.25, 0.3) is 10.9 Å². The molecule has 2 N–H and O–H groups in total. The van der Waals surface area contributed by atoms with E-state index in [1.54, 1.807) is 10.6 Å². The van der Waals surface area contributed by atoms with E-state index in [0.29, 0.717) is 16.1 Å². The first-order chi connectivity index (χ1) is 13.1. The van der Waals surface area contributed by atoms with Crippen molar-refractivity contribution in [3.63, 3.8) is 0 Å². The van der Waals surface area contributed by atoms with Crippen LogP contribution in [-0.2, 0) is 4.79 Å². The van der Waals surface area contributed by atoms with Crippen molar-refractivity contribution >= 4 is 34.6 Å². The van der Waals surface area contributed by atoms with Crippen molar-refractivity contribution in [2.45, 2.75) is 55.8 Å². The fourth-order valence-corrected chi connectivity index (χ4v) is 4.32. The standard InChI is InChI=1S/C19H22N4O3S/c24-16(22-18(26)20-12-9-10-12)11-27-19-21-15-8-4-3-7-14(15)17(25)23(19)13-5-1-2-6-13/h3-4,7-8,12-13H,1-2,5-6,9-11H2,(H2,20,22,24,26). The molecular formula is C19H22N4O3S. The van der Waals surface area contributed by atoms with Gasteiger partial charge in [-0.05, 0) is 37.8 Å². The quantitative estimate of drug-likeness (QED) is 0.609. The van der Waals surface area contributed by atoms with Crippen molar-refractivity contribution in [1.29, 1.82) is 0 Å². The van der Waals surface area contributed by atoms with E-state index < -0.39 is 11.9 Å². The lowest BCUT2D eigenvalue weighted by atomic mass is 10.2. The Labute approximate surface area is 160 Å². The highest BCUT2D eigenvalue weighted by atomic mass is 32.2. The van der Waals surface area contributed by atoms with Gasteiger partial charge in [0.05, 0.1) is 16.7 Å². The molecule has 2 aliphatic rings.